The summed E-state index contributed by atoms with van der Waals surface area (Å²) in [6.07, 6.45) is 3.13. The highest BCUT2D eigenvalue weighted by Gasteiger charge is 2.07. The van der Waals surface area contributed by atoms with E-state index in [-0.39, 0.29) is 11.8 Å². The molecule has 0 radical (unpaired) electrons. The first-order valence-corrected chi connectivity index (χ1v) is 6.30. The molecule has 5 nitrogen and oxygen atoms in total. The summed E-state index contributed by atoms with van der Waals surface area (Å²) in [6.45, 7) is 2.45. The molecule has 20 heavy (non-hydrogen) atoms. The van der Waals surface area contributed by atoms with Gasteiger partial charge in [0, 0.05) is 35.8 Å². The minimum atomic E-state index is -0.210. The Morgan fingerprint density at radius 2 is 1.55 bits per heavy atom. The van der Waals surface area contributed by atoms with E-state index in [4.69, 9.17) is 0 Å². The molecule has 1 heterocycles. The summed E-state index contributed by atoms with van der Waals surface area (Å²) in [4.78, 5) is 27.4. The van der Waals surface area contributed by atoms with Crippen molar-refractivity contribution < 1.29 is 9.59 Å². The number of anilines is 1. The number of nitrogens with zero attached hydrogens (tertiary/aromatic N) is 1. The molecule has 0 spiro atoms. The Morgan fingerprint density at radius 3 is 2.15 bits per heavy atom. The van der Waals surface area contributed by atoms with Crippen LogP contribution in [0.25, 0.3) is 0 Å². The molecule has 0 fully saturated rings. The predicted molar refractivity (Wildman–Crippen MR) is 76.6 cm³/mol. The molecule has 0 saturated carbocycles. The number of carbonyl (C=O) groups is 2. The number of hydrogen-bond acceptors (Lipinski definition) is 3. The van der Waals surface area contributed by atoms with Gasteiger partial charge in [0.05, 0.1) is 0 Å². The smallest absolute Gasteiger partial charge is 0.255 e. The quantitative estimate of drug-likeness (QED) is 0.892. The molecule has 0 bridgehead atoms. The topological polar surface area (TPSA) is 71.1 Å². The molecular formula is C15H15N3O2. The van der Waals surface area contributed by atoms with Crippen molar-refractivity contribution in [3.05, 3.63) is 59.9 Å². The van der Waals surface area contributed by atoms with Crippen molar-refractivity contribution in [1.82, 2.24) is 10.3 Å². The second-order valence-electron chi connectivity index (χ2n) is 4.13. The minimum Gasteiger partial charge on any atom is -0.352 e. The van der Waals surface area contributed by atoms with Crippen LogP contribution in [0.4, 0.5) is 5.69 Å². The van der Waals surface area contributed by atoms with Gasteiger partial charge < -0.3 is 10.6 Å². The van der Waals surface area contributed by atoms with E-state index in [1.54, 1.807) is 48.8 Å². The van der Waals surface area contributed by atoms with Gasteiger partial charge >= 0.3 is 0 Å². The molecule has 0 aliphatic carbocycles. The van der Waals surface area contributed by atoms with Gasteiger partial charge in [-0.2, -0.15) is 0 Å². The van der Waals surface area contributed by atoms with Crippen LogP contribution in [0.15, 0.2) is 48.8 Å². The monoisotopic (exact) mass is 269 g/mol. The van der Waals surface area contributed by atoms with E-state index in [2.05, 4.69) is 15.6 Å². The molecule has 0 aliphatic heterocycles. The number of hydrogen-bond donors (Lipinski definition) is 2. The lowest BCUT2D eigenvalue weighted by molar-refractivity contribution is 0.0955. The van der Waals surface area contributed by atoms with Crippen LogP contribution < -0.4 is 10.6 Å². The first-order chi connectivity index (χ1) is 9.70. The molecule has 2 rings (SSSR count). The van der Waals surface area contributed by atoms with Crippen LogP contribution in [-0.4, -0.2) is 23.3 Å². The van der Waals surface area contributed by atoms with Gasteiger partial charge in [0.2, 0.25) is 0 Å². The Hall–Kier alpha value is -2.69. The zero-order chi connectivity index (χ0) is 14.4. The molecule has 0 aliphatic rings. The van der Waals surface area contributed by atoms with Crippen LogP contribution in [0.1, 0.15) is 27.6 Å². The Kier molecular flexibility index (Phi) is 4.44. The normalized spacial score (nSPS) is 9.85. The van der Waals surface area contributed by atoms with Crippen molar-refractivity contribution in [2.45, 2.75) is 6.92 Å². The number of carbonyl (C=O) groups excluding carboxylic acids is 2. The van der Waals surface area contributed by atoms with Crippen LogP contribution in [0.2, 0.25) is 0 Å². The average molecular weight is 269 g/mol. The van der Waals surface area contributed by atoms with E-state index in [0.717, 1.165) is 0 Å². The Morgan fingerprint density at radius 1 is 0.950 bits per heavy atom. The third kappa shape index (κ3) is 3.41. The highest BCUT2D eigenvalue weighted by molar-refractivity contribution is 6.04. The second-order valence-corrected chi connectivity index (χ2v) is 4.13. The first kappa shape index (κ1) is 13.7. The van der Waals surface area contributed by atoms with Crippen molar-refractivity contribution in [1.29, 1.82) is 0 Å². The molecule has 0 saturated heterocycles. The van der Waals surface area contributed by atoms with Gasteiger partial charge in [0.25, 0.3) is 11.8 Å². The van der Waals surface area contributed by atoms with Gasteiger partial charge in [-0.15, -0.1) is 0 Å². The van der Waals surface area contributed by atoms with Gasteiger partial charge in [-0.1, -0.05) is 0 Å². The van der Waals surface area contributed by atoms with Gasteiger partial charge in [0.15, 0.2) is 0 Å². The van der Waals surface area contributed by atoms with Crippen LogP contribution in [-0.2, 0) is 0 Å². The fourth-order valence-corrected chi connectivity index (χ4v) is 1.67. The summed E-state index contributed by atoms with van der Waals surface area (Å²) in [5.41, 5.74) is 1.74. The van der Waals surface area contributed by atoms with Gasteiger partial charge in [-0.3, -0.25) is 14.6 Å². The molecule has 1 aromatic heterocycles. The van der Waals surface area contributed by atoms with Crippen LogP contribution in [0, 0.1) is 0 Å². The van der Waals surface area contributed by atoms with Crippen molar-refractivity contribution in [3.63, 3.8) is 0 Å². The molecule has 5 heteroatoms. The highest BCUT2D eigenvalue weighted by Crippen LogP contribution is 2.11. The summed E-state index contributed by atoms with van der Waals surface area (Å²) in [5, 5.41) is 5.47. The lowest BCUT2D eigenvalue weighted by atomic mass is 10.2. The zero-order valence-corrected chi connectivity index (χ0v) is 11.1. The summed E-state index contributed by atoms with van der Waals surface area (Å²) in [6, 6.07) is 10.0. The van der Waals surface area contributed by atoms with E-state index in [0.29, 0.717) is 23.4 Å². The number of aromatic nitrogens is 1. The molecule has 0 atom stereocenters. The Bertz CT molecular complexity index is 594. The SMILES string of the molecule is CCNC(=O)c1ccc(NC(=O)c2ccncc2)cc1. The van der Waals surface area contributed by atoms with Crippen molar-refractivity contribution in [2.24, 2.45) is 0 Å². The Balaban J connectivity index is 2.04. The maximum absolute atomic E-state index is 11.9. The molecule has 1 aromatic carbocycles. The van der Waals surface area contributed by atoms with Gasteiger partial charge in [-0.25, -0.2) is 0 Å². The average Bonchev–Trinajstić information content (AvgIpc) is 2.49. The Labute approximate surface area is 117 Å². The van der Waals surface area contributed by atoms with E-state index in [9.17, 15) is 9.59 Å². The number of rotatable bonds is 4. The maximum atomic E-state index is 11.9. The third-order valence-electron chi connectivity index (χ3n) is 2.68. The van der Waals surface area contributed by atoms with Crippen LogP contribution in [0.5, 0.6) is 0 Å². The molecule has 2 amide bonds. The van der Waals surface area contributed by atoms with E-state index >= 15 is 0 Å². The number of benzene rings is 1. The lowest BCUT2D eigenvalue weighted by Crippen LogP contribution is -2.22. The molecule has 0 unspecified atom stereocenters. The summed E-state index contributed by atoms with van der Waals surface area (Å²) in [7, 11) is 0. The fourth-order valence-electron chi connectivity index (χ4n) is 1.67. The summed E-state index contributed by atoms with van der Waals surface area (Å²) < 4.78 is 0. The minimum absolute atomic E-state index is 0.125. The zero-order valence-electron chi connectivity index (χ0n) is 11.1. The van der Waals surface area contributed by atoms with Gasteiger partial charge in [0.1, 0.15) is 0 Å². The second kappa shape index (κ2) is 6.47. The van der Waals surface area contributed by atoms with Crippen molar-refractivity contribution >= 4 is 17.5 Å². The maximum Gasteiger partial charge on any atom is 0.255 e. The lowest BCUT2D eigenvalue weighted by Gasteiger charge is -2.06. The van der Waals surface area contributed by atoms with Crippen molar-refractivity contribution in [2.75, 3.05) is 11.9 Å². The summed E-state index contributed by atoms with van der Waals surface area (Å²) in [5.74, 6) is -0.335. The molecule has 2 N–H and O–H groups in total. The number of amides is 2. The summed E-state index contributed by atoms with van der Waals surface area (Å²) >= 11 is 0. The van der Waals surface area contributed by atoms with Crippen molar-refractivity contribution in [3.8, 4) is 0 Å². The number of pyridine rings is 1. The number of nitrogens with one attached hydrogen (secondary N) is 2. The molecule has 2 aromatic rings. The molecular weight excluding hydrogens is 254 g/mol. The van der Waals surface area contributed by atoms with Crippen LogP contribution in [0.3, 0.4) is 0 Å². The highest BCUT2D eigenvalue weighted by atomic mass is 16.2. The third-order valence-corrected chi connectivity index (χ3v) is 2.68. The van der Waals surface area contributed by atoms with E-state index < -0.39 is 0 Å². The first-order valence-electron chi connectivity index (χ1n) is 6.30. The standard InChI is InChI=1S/C15H15N3O2/c1-2-17-14(19)11-3-5-13(6-4-11)18-15(20)12-7-9-16-10-8-12/h3-10H,2H2,1H3,(H,17,19)(H,18,20). The molecule has 102 valence electrons. The largest absolute Gasteiger partial charge is 0.352 e. The predicted octanol–water partition coefficient (Wildman–Crippen LogP) is 2.08. The van der Waals surface area contributed by atoms with Gasteiger partial charge in [-0.05, 0) is 43.3 Å². The van der Waals surface area contributed by atoms with E-state index in [1.807, 2.05) is 6.92 Å². The fraction of sp³-hybridized carbons (Fsp3) is 0.133. The van der Waals surface area contributed by atoms with E-state index in [1.165, 1.54) is 0 Å². The van der Waals surface area contributed by atoms with Crippen LogP contribution >= 0.6 is 0 Å².